The van der Waals surface area contributed by atoms with Gasteiger partial charge in [0.15, 0.2) is 5.16 Å². The van der Waals surface area contributed by atoms with E-state index in [1.54, 1.807) is 31.4 Å². The molecule has 3 rings (SSSR count). The third kappa shape index (κ3) is 5.58. The monoisotopic (exact) mass is 416 g/mol. The summed E-state index contributed by atoms with van der Waals surface area (Å²) in [6.45, 7) is 0. The van der Waals surface area contributed by atoms with Gasteiger partial charge in [0.2, 0.25) is 5.91 Å². The molecule has 7 nitrogen and oxygen atoms in total. The molecule has 1 aromatic heterocycles. The lowest BCUT2D eigenvalue weighted by Crippen LogP contribution is -2.19. The Morgan fingerprint density at radius 2 is 1.86 bits per heavy atom. The minimum absolute atomic E-state index is 0.0884. The number of anilines is 1. The van der Waals surface area contributed by atoms with Gasteiger partial charge >= 0.3 is 0 Å². The second-order valence-electron chi connectivity index (χ2n) is 5.77. The van der Waals surface area contributed by atoms with Crippen LogP contribution < -0.4 is 15.6 Å². The number of hydrogen-bond donors (Lipinski definition) is 2. The minimum Gasteiger partial charge on any atom is -0.497 e. The zero-order valence-electron chi connectivity index (χ0n) is 14.9. The van der Waals surface area contributed by atoms with Gasteiger partial charge < -0.3 is 10.1 Å². The minimum atomic E-state index is -0.327. The maximum atomic E-state index is 12.2. The van der Waals surface area contributed by atoms with Gasteiger partial charge in [-0.25, -0.2) is 0 Å². The van der Waals surface area contributed by atoms with Gasteiger partial charge in [0.25, 0.3) is 5.56 Å². The summed E-state index contributed by atoms with van der Waals surface area (Å²) in [5, 5.41) is 11.6. The molecule has 2 aromatic carbocycles. The van der Waals surface area contributed by atoms with Crippen molar-refractivity contribution >= 4 is 35.0 Å². The van der Waals surface area contributed by atoms with E-state index in [4.69, 9.17) is 16.3 Å². The van der Waals surface area contributed by atoms with Crippen LogP contribution in [0.5, 0.6) is 5.75 Å². The molecule has 144 valence electrons. The molecular formula is C19H17ClN4O3S. The van der Waals surface area contributed by atoms with Gasteiger partial charge in [0.1, 0.15) is 11.4 Å². The fraction of sp³-hybridized carbons (Fsp3) is 0.158. The molecule has 0 radical (unpaired) electrons. The molecule has 1 amide bonds. The van der Waals surface area contributed by atoms with Crippen LogP contribution in [0.15, 0.2) is 58.5 Å². The van der Waals surface area contributed by atoms with Crippen molar-refractivity contribution in [3.05, 3.63) is 75.2 Å². The number of H-pyrrole nitrogens is 1. The third-order valence-corrected chi connectivity index (χ3v) is 4.86. The Morgan fingerprint density at radius 3 is 2.50 bits per heavy atom. The average molecular weight is 417 g/mol. The van der Waals surface area contributed by atoms with E-state index in [1.165, 1.54) is 0 Å². The molecule has 0 aliphatic rings. The SMILES string of the molecule is COc1ccc(Cc2nnc(SCC(=O)Nc3ccc(Cl)cc3)[nH]c2=O)cc1. The zero-order chi connectivity index (χ0) is 19.9. The number of methoxy groups -OCH3 is 1. The van der Waals surface area contributed by atoms with Gasteiger partial charge in [-0.3, -0.25) is 14.6 Å². The lowest BCUT2D eigenvalue weighted by Gasteiger charge is -2.05. The summed E-state index contributed by atoms with van der Waals surface area (Å²) in [6.07, 6.45) is 0.355. The zero-order valence-corrected chi connectivity index (χ0v) is 16.5. The summed E-state index contributed by atoms with van der Waals surface area (Å²) in [4.78, 5) is 26.9. The van der Waals surface area contributed by atoms with E-state index in [9.17, 15) is 9.59 Å². The molecule has 0 aliphatic heterocycles. The number of aromatic amines is 1. The van der Waals surface area contributed by atoms with Crippen LogP contribution in [-0.2, 0) is 11.2 Å². The summed E-state index contributed by atoms with van der Waals surface area (Å²) < 4.78 is 5.11. The molecule has 0 spiro atoms. The van der Waals surface area contributed by atoms with Gasteiger partial charge in [-0.05, 0) is 42.0 Å². The summed E-state index contributed by atoms with van der Waals surface area (Å²) in [7, 11) is 1.59. The number of halogens is 1. The van der Waals surface area contributed by atoms with E-state index in [0.717, 1.165) is 23.1 Å². The van der Waals surface area contributed by atoms with Crippen molar-refractivity contribution in [3.63, 3.8) is 0 Å². The molecule has 0 saturated heterocycles. The normalized spacial score (nSPS) is 10.5. The molecule has 0 atom stereocenters. The van der Waals surface area contributed by atoms with Gasteiger partial charge in [0, 0.05) is 17.1 Å². The fourth-order valence-corrected chi connectivity index (χ4v) is 3.06. The van der Waals surface area contributed by atoms with E-state index < -0.39 is 0 Å². The summed E-state index contributed by atoms with van der Waals surface area (Å²) in [5.74, 6) is 0.607. The number of hydrogen-bond acceptors (Lipinski definition) is 6. The van der Waals surface area contributed by atoms with Gasteiger partial charge in [-0.15, -0.1) is 10.2 Å². The van der Waals surface area contributed by atoms with Crippen LogP contribution in [0.3, 0.4) is 0 Å². The van der Waals surface area contributed by atoms with Gasteiger partial charge in [-0.2, -0.15) is 0 Å². The lowest BCUT2D eigenvalue weighted by molar-refractivity contribution is -0.113. The van der Waals surface area contributed by atoms with Crippen molar-refractivity contribution in [1.82, 2.24) is 15.2 Å². The first kappa shape index (κ1) is 19.9. The number of benzene rings is 2. The number of carbonyl (C=O) groups excluding carboxylic acids is 1. The Bertz CT molecular complexity index is 1010. The van der Waals surface area contributed by atoms with Crippen molar-refractivity contribution < 1.29 is 9.53 Å². The number of carbonyl (C=O) groups is 1. The van der Waals surface area contributed by atoms with Crippen molar-refractivity contribution in [2.75, 3.05) is 18.2 Å². The number of thioether (sulfide) groups is 1. The van der Waals surface area contributed by atoms with Gasteiger partial charge in [-0.1, -0.05) is 35.5 Å². The Kier molecular flexibility index (Phi) is 6.67. The summed E-state index contributed by atoms with van der Waals surface area (Å²) in [5.41, 5.74) is 1.54. The quantitative estimate of drug-likeness (QED) is 0.574. The topological polar surface area (TPSA) is 97.0 Å². The molecule has 0 bridgehead atoms. The van der Waals surface area contributed by atoms with Gasteiger partial charge in [0.05, 0.1) is 12.9 Å². The number of nitrogens with zero attached hydrogens (tertiary/aromatic N) is 2. The second kappa shape index (κ2) is 9.38. The number of aromatic nitrogens is 3. The van der Waals surface area contributed by atoms with E-state index >= 15 is 0 Å². The highest BCUT2D eigenvalue weighted by molar-refractivity contribution is 7.99. The van der Waals surface area contributed by atoms with Crippen molar-refractivity contribution in [1.29, 1.82) is 0 Å². The Morgan fingerprint density at radius 1 is 1.14 bits per heavy atom. The number of rotatable bonds is 7. The predicted molar refractivity (Wildman–Crippen MR) is 109 cm³/mol. The maximum absolute atomic E-state index is 12.2. The van der Waals surface area contributed by atoms with E-state index in [-0.39, 0.29) is 22.4 Å². The highest BCUT2D eigenvalue weighted by atomic mass is 35.5. The molecule has 1 heterocycles. The number of amides is 1. The van der Waals surface area contributed by atoms with E-state index in [2.05, 4.69) is 20.5 Å². The summed E-state index contributed by atoms with van der Waals surface area (Å²) >= 11 is 6.91. The molecule has 2 N–H and O–H groups in total. The molecule has 9 heteroatoms. The lowest BCUT2D eigenvalue weighted by atomic mass is 10.1. The van der Waals surface area contributed by atoms with Crippen LogP contribution in [0, 0.1) is 0 Å². The molecule has 0 saturated carbocycles. The average Bonchev–Trinajstić information content (AvgIpc) is 2.70. The smallest absolute Gasteiger partial charge is 0.273 e. The Balaban J connectivity index is 1.56. The maximum Gasteiger partial charge on any atom is 0.273 e. The van der Waals surface area contributed by atoms with Crippen LogP contribution in [0.25, 0.3) is 0 Å². The number of ether oxygens (including phenoxy) is 1. The first-order valence-corrected chi connectivity index (χ1v) is 9.67. The molecular weight excluding hydrogens is 400 g/mol. The molecule has 0 aliphatic carbocycles. The third-order valence-electron chi connectivity index (χ3n) is 3.74. The highest BCUT2D eigenvalue weighted by Crippen LogP contribution is 2.16. The van der Waals surface area contributed by atoms with E-state index in [1.807, 2.05) is 24.3 Å². The predicted octanol–water partition coefficient (Wildman–Crippen LogP) is 3.15. The molecule has 28 heavy (non-hydrogen) atoms. The van der Waals surface area contributed by atoms with Crippen molar-refractivity contribution in [3.8, 4) is 5.75 Å². The van der Waals surface area contributed by atoms with Crippen LogP contribution in [0.4, 0.5) is 5.69 Å². The van der Waals surface area contributed by atoms with Crippen LogP contribution >= 0.6 is 23.4 Å². The summed E-state index contributed by atoms with van der Waals surface area (Å²) in [6, 6.07) is 14.2. The molecule has 0 fully saturated rings. The largest absolute Gasteiger partial charge is 0.497 e. The molecule has 3 aromatic rings. The van der Waals surface area contributed by atoms with Crippen LogP contribution in [0.2, 0.25) is 5.02 Å². The van der Waals surface area contributed by atoms with Crippen LogP contribution in [0.1, 0.15) is 11.3 Å². The first-order chi connectivity index (χ1) is 13.5. The second-order valence-corrected chi connectivity index (χ2v) is 7.18. The van der Waals surface area contributed by atoms with E-state index in [0.29, 0.717) is 22.8 Å². The highest BCUT2D eigenvalue weighted by Gasteiger charge is 2.09. The van der Waals surface area contributed by atoms with Crippen LogP contribution in [-0.4, -0.2) is 34.0 Å². The standard InChI is InChI=1S/C19H17ClN4O3S/c1-27-15-8-2-12(3-9-15)10-16-18(26)22-19(24-23-16)28-11-17(25)21-14-6-4-13(20)5-7-14/h2-9H,10-11H2,1H3,(H,21,25)(H,22,24,26). The Labute approximate surface area is 170 Å². The Hall–Kier alpha value is -2.84. The van der Waals surface area contributed by atoms with Crippen molar-refractivity contribution in [2.24, 2.45) is 0 Å². The first-order valence-electron chi connectivity index (χ1n) is 8.30. The number of nitrogens with one attached hydrogen (secondary N) is 2. The van der Waals surface area contributed by atoms with Crippen molar-refractivity contribution in [2.45, 2.75) is 11.6 Å². The molecule has 0 unspecified atom stereocenters. The fourth-order valence-electron chi connectivity index (χ4n) is 2.33.